The third-order valence-electron chi connectivity index (χ3n) is 3.10. The van der Waals surface area contributed by atoms with Crippen LogP contribution in [-0.2, 0) is 0 Å². The molecule has 0 amide bonds. The van der Waals surface area contributed by atoms with E-state index in [2.05, 4.69) is 38.2 Å². The topological polar surface area (TPSA) is 12.0 Å². The van der Waals surface area contributed by atoms with E-state index in [1.165, 1.54) is 18.4 Å². The molecule has 1 rings (SSSR count). The summed E-state index contributed by atoms with van der Waals surface area (Å²) in [6.45, 7) is 6.68. The summed E-state index contributed by atoms with van der Waals surface area (Å²) in [5.41, 5.74) is 1.33. The molecule has 90 valence electrons. The molecule has 0 radical (unpaired) electrons. The highest BCUT2D eigenvalue weighted by Crippen LogP contribution is 2.20. The smallest absolute Gasteiger partial charge is 0.0406 e. The average molecular weight is 240 g/mol. The summed E-state index contributed by atoms with van der Waals surface area (Å²) in [4.78, 5) is 0. The summed E-state index contributed by atoms with van der Waals surface area (Å²) in [7, 11) is 0. The van der Waals surface area contributed by atoms with Crippen LogP contribution in [0.25, 0.3) is 0 Å². The van der Waals surface area contributed by atoms with Crippen molar-refractivity contribution in [2.45, 2.75) is 52.1 Å². The van der Waals surface area contributed by atoms with Crippen LogP contribution in [0.1, 0.15) is 51.6 Å². The van der Waals surface area contributed by atoms with E-state index in [0.29, 0.717) is 12.1 Å². The molecule has 1 nitrogen and oxygen atoms in total. The van der Waals surface area contributed by atoms with E-state index in [4.69, 9.17) is 11.6 Å². The lowest BCUT2D eigenvalue weighted by Crippen LogP contribution is -2.31. The van der Waals surface area contributed by atoms with Crippen molar-refractivity contribution >= 4 is 11.6 Å². The zero-order valence-electron chi connectivity index (χ0n) is 10.5. The lowest BCUT2D eigenvalue weighted by atomic mass is 10.0. The molecular weight excluding hydrogens is 218 g/mol. The van der Waals surface area contributed by atoms with Crippen LogP contribution < -0.4 is 5.32 Å². The molecule has 0 bridgehead atoms. The fourth-order valence-corrected chi connectivity index (χ4v) is 2.08. The van der Waals surface area contributed by atoms with E-state index in [1.807, 2.05) is 12.1 Å². The van der Waals surface area contributed by atoms with Gasteiger partial charge in [-0.3, -0.25) is 0 Å². The van der Waals surface area contributed by atoms with Crippen molar-refractivity contribution < 1.29 is 0 Å². The second kappa shape index (κ2) is 6.93. The number of nitrogens with one attached hydrogen (secondary N) is 1. The largest absolute Gasteiger partial charge is 0.307 e. The summed E-state index contributed by atoms with van der Waals surface area (Å²) < 4.78 is 0. The van der Waals surface area contributed by atoms with Gasteiger partial charge < -0.3 is 5.32 Å². The average Bonchev–Trinajstić information content (AvgIpc) is 2.32. The summed E-state index contributed by atoms with van der Waals surface area (Å²) in [6.07, 6.45) is 3.47. The first-order valence-electron chi connectivity index (χ1n) is 6.22. The number of rotatable bonds is 6. The van der Waals surface area contributed by atoms with Crippen LogP contribution in [0, 0.1) is 0 Å². The summed E-state index contributed by atoms with van der Waals surface area (Å²) >= 11 is 5.90. The Hall–Kier alpha value is -0.530. The van der Waals surface area contributed by atoms with E-state index >= 15 is 0 Å². The highest BCUT2D eigenvalue weighted by atomic mass is 35.5. The Morgan fingerprint density at radius 1 is 1.00 bits per heavy atom. The van der Waals surface area contributed by atoms with Crippen LogP contribution in [0.2, 0.25) is 5.02 Å². The minimum atomic E-state index is 0.446. The summed E-state index contributed by atoms with van der Waals surface area (Å²) in [5.74, 6) is 0. The van der Waals surface area contributed by atoms with E-state index in [1.54, 1.807) is 0 Å². The van der Waals surface area contributed by atoms with E-state index in [9.17, 15) is 0 Å². The molecule has 0 saturated carbocycles. The maximum Gasteiger partial charge on any atom is 0.0406 e. The Kier molecular flexibility index (Phi) is 5.86. The predicted octanol–water partition coefficient (Wildman–Crippen LogP) is 4.57. The highest BCUT2D eigenvalue weighted by Gasteiger charge is 2.12. The molecule has 0 aromatic heterocycles. The number of hydrogen-bond donors (Lipinski definition) is 1. The van der Waals surface area contributed by atoms with Crippen LogP contribution >= 0.6 is 11.6 Å². The molecule has 16 heavy (non-hydrogen) atoms. The first-order valence-corrected chi connectivity index (χ1v) is 6.60. The lowest BCUT2D eigenvalue weighted by molar-refractivity contribution is 0.407. The van der Waals surface area contributed by atoms with Gasteiger partial charge in [-0.05, 0) is 37.0 Å². The van der Waals surface area contributed by atoms with Crippen molar-refractivity contribution in [1.29, 1.82) is 0 Å². The van der Waals surface area contributed by atoms with Gasteiger partial charge in [0.1, 0.15) is 0 Å². The lowest BCUT2D eigenvalue weighted by Gasteiger charge is -2.23. The van der Waals surface area contributed by atoms with Crippen LogP contribution in [0.4, 0.5) is 0 Å². The Morgan fingerprint density at radius 3 is 2.00 bits per heavy atom. The molecule has 0 spiro atoms. The van der Waals surface area contributed by atoms with Gasteiger partial charge in [0.25, 0.3) is 0 Å². The number of benzene rings is 1. The van der Waals surface area contributed by atoms with Crippen LogP contribution in [0.15, 0.2) is 24.3 Å². The molecule has 1 aromatic carbocycles. The minimum Gasteiger partial charge on any atom is -0.307 e. The first-order chi connectivity index (χ1) is 7.71. The second-order valence-electron chi connectivity index (χ2n) is 4.19. The van der Waals surface area contributed by atoms with Crippen LogP contribution in [-0.4, -0.2) is 6.04 Å². The number of halogens is 1. The molecule has 2 heteroatoms. The molecular formula is C14H22ClN. The van der Waals surface area contributed by atoms with Crippen molar-refractivity contribution in [2.24, 2.45) is 0 Å². The minimum absolute atomic E-state index is 0.446. The Bertz CT molecular complexity index is 290. The Morgan fingerprint density at radius 2 is 1.56 bits per heavy atom. The first kappa shape index (κ1) is 13.5. The van der Waals surface area contributed by atoms with E-state index in [0.717, 1.165) is 11.4 Å². The van der Waals surface area contributed by atoms with Gasteiger partial charge in [-0.15, -0.1) is 0 Å². The van der Waals surface area contributed by atoms with Crippen molar-refractivity contribution in [2.75, 3.05) is 0 Å². The Labute approximate surface area is 104 Å². The molecule has 0 heterocycles. The predicted molar refractivity (Wildman–Crippen MR) is 72.0 cm³/mol. The van der Waals surface area contributed by atoms with E-state index in [-0.39, 0.29) is 0 Å². The zero-order chi connectivity index (χ0) is 12.0. The van der Waals surface area contributed by atoms with Gasteiger partial charge in [0.2, 0.25) is 0 Å². The molecule has 1 N–H and O–H groups in total. The van der Waals surface area contributed by atoms with Crippen LogP contribution in [0.5, 0.6) is 0 Å². The molecule has 1 atom stereocenters. The van der Waals surface area contributed by atoms with Gasteiger partial charge in [-0.25, -0.2) is 0 Å². The molecule has 0 fully saturated rings. The highest BCUT2D eigenvalue weighted by molar-refractivity contribution is 6.30. The molecule has 1 aromatic rings. The Balaban J connectivity index is 2.70. The zero-order valence-corrected chi connectivity index (χ0v) is 11.2. The third-order valence-corrected chi connectivity index (χ3v) is 3.36. The summed E-state index contributed by atoms with van der Waals surface area (Å²) in [6, 6.07) is 9.22. The molecule has 0 aliphatic carbocycles. The van der Waals surface area contributed by atoms with Crippen molar-refractivity contribution in [1.82, 2.24) is 5.32 Å². The molecule has 0 aliphatic rings. The quantitative estimate of drug-likeness (QED) is 0.767. The molecule has 1 unspecified atom stereocenters. The van der Waals surface area contributed by atoms with Gasteiger partial charge in [-0.1, -0.05) is 44.5 Å². The molecule has 0 aliphatic heterocycles. The van der Waals surface area contributed by atoms with E-state index < -0.39 is 0 Å². The van der Waals surface area contributed by atoms with Crippen LogP contribution in [0.3, 0.4) is 0 Å². The fourth-order valence-electron chi connectivity index (χ4n) is 1.95. The maximum atomic E-state index is 5.90. The van der Waals surface area contributed by atoms with Gasteiger partial charge >= 0.3 is 0 Å². The van der Waals surface area contributed by atoms with Gasteiger partial charge in [0, 0.05) is 17.1 Å². The maximum absolute atomic E-state index is 5.90. The summed E-state index contributed by atoms with van der Waals surface area (Å²) in [5, 5.41) is 4.50. The standard InChI is InChI=1S/C14H22ClN/c1-4-13(5-2)16-14(6-3)11-7-9-12(15)10-8-11/h7-10,13-14,16H,4-6H2,1-3H3. The normalized spacial score (nSPS) is 13.1. The fraction of sp³-hybridized carbons (Fsp3) is 0.571. The molecule has 0 saturated heterocycles. The van der Waals surface area contributed by atoms with Crippen molar-refractivity contribution in [3.63, 3.8) is 0 Å². The van der Waals surface area contributed by atoms with Crippen molar-refractivity contribution in [3.05, 3.63) is 34.9 Å². The number of hydrogen-bond acceptors (Lipinski definition) is 1. The third kappa shape index (κ3) is 3.80. The SMILES string of the molecule is CCC(CC)NC(CC)c1ccc(Cl)cc1. The second-order valence-corrected chi connectivity index (χ2v) is 4.63. The van der Waals surface area contributed by atoms with Crippen molar-refractivity contribution in [3.8, 4) is 0 Å². The van der Waals surface area contributed by atoms with Gasteiger partial charge in [0.15, 0.2) is 0 Å². The van der Waals surface area contributed by atoms with Gasteiger partial charge in [0.05, 0.1) is 0 Å². The van der Waals surface area contributed by atoms with Gasteiger partial charge in [-0.2, -0.15) is 0 Å². The monoisotopic (exact) mass is 239 g/mol.